The van der Waals surface area contributed by atoms with Gasteiger partial charge in [0.15, 0.2) is 0 Å². The average Bonchev–Trinajstić information content (AvgIpc) is 2.93. The van der Waals surface area contributed by atoms with Crippen LogP contribution < -0.4 is 0 Å². The standard InChI is InChI=1S/C29H29BF4N3O3/c1-40-28(39)16-23-6-8-24(31)15-22(23)7-9-26-25(29(32,33)34)17-35-27(36-26)14-19-2-4-20(5-3-19)21-10-12-37(13-11-21)30-18-38/h2-6,8,15,17-18,21H,7,9-14,16H2,1H3. The number of esters is 1. The number of aryl methyl sites for hydroxylation is 2. The number of ether oxygens (including phenoxy) is 1. The van der Waals surface area contributed by atoms with Gasteiger partial charge in [0.1, 0.15) is 11.6 Å². The van der Waals surface area contributed by atoms with Gasteiger partial charge in [-0.25, -0.2) is 14.4 Å². The number of rotatable bonds is 10. The number of hydrogen-bond donors (Lipinski definition) is 0. The Balaban J connectivity index is 1.48. The lowest BCUT2D eigenvalue weighted by Gasteiger charge is -2.30. The second kappa shape index (κ2) is 13.2. The van der Waals surface area contributed by atoms with Gasteiger partial charge in [0.2, 0.25) is 0 Å². The first-order valence-electron chi connectivity index (χ1n) is 13.0. The molecule has 0 amide bonds. The van der Waals surface area contributed by atoms with Gasteiger partial charge in [-0.2, -0.15) is 13.2 Å². The number of nitrogens with zero attached hydrogens (tertiary/aromatic N) is 3. The molecule has 1 saturated heterocycles. The van der Waals surface area contributed by atoms with Gasteiger partial charge in [0, 0.05) is 12.6 Å². The molecule has 4 rings (SSSR count). The molecule has 3 aromatic rings. The minimum absolute atomic E-state index is 0.0573. The van der Waals surface area contributed by atoms with Crippen LogP contribution in [-0.2, 0) is 46.2 Å². The average molecular weight is 554 g/mol. The third kappa shape index (κ3) is 7.75. The van der Waals surface area contributed by atoms with E-state index in [1.807, 2.05) is 29.1 Å². The number of aromatic nitrogens is 2. The van der Waals surface area contributed by atoms with E-state index in [1.165, 1.54) is 30.9 Å². The van der Waals surface area contributed by atoms with E-state index in [4.69, 9.17) is 0 Å². The van der Waals surface area contributed by atoms with Gasteiger partial charge < -0.3 is 14.3 Å². The molecule has 1 fully saturated rings. The lowest BCUT2D eigenvalue weighted by Crippen LogP contribution is -2.36. The van der Waals surface area contributed by atoms with Crippen LogP contribution in [0.15, 0.2) is 48.7 Å². The molecular formula is C29H29BF4N3O3. The molecule has 2 heterocycles. The van der Waals surface area contributed by atoms with Crippen LogP contribution in [0.4, 0.5) is 17.6 Å². The molecule has 40 heavy (non-hydrogen) atoms. The topological polar surface area (TPSA) is 72.4 Å². The molecule has 0 spiro atoms. The Hall–Kier alpha value is -3.60. The van der Waals surface area contributed by atoms with Crippen molar-refractivity contribution in [2.75, 3.05) is 20.2 Å². The van der Waals surface area contributed by atoms with E-state index in [2.05, 4.69) is 14.7 Å². The van der Waals surface area contributed by atoms with Crippen LogP contribution in [0, 0.1) is 5.82 Å². The van der Waals surface area contributed by atoms with Crippen LogP contribution in [-0.4, -0.2) is 54.5 Å². The van der Waals surface area contributed by atoms with Crippen molar-refractivity contribution >= 4 is 19.6 Å². The fourth-order valence-corrected chi connectivity index (χ4v) is 5.01. The number of benzene rings is 2. The van der Waals surface area contributed by atoms with Crippen molar-refractivity contribution in [2.45, 2.75) is 50.6 Å². The van der Waals surface area contributed by atoms with Crippen molar-refractivity contribution < 1.29 is 31.9 Å². The summed E-state index contributed by atoms with van der Waals surface area (Å²) in [6, 6.07) is 11.8. The third-order valence-electron chi connectivity index (χ3n) is 7.20. The molecule has 209 valence electrons. The second-order valence-electron chi connectivity index (χ2n) is 9.82. The lowest BCUT2D eigenvalue weighted by molar-refractivity contribution is -0.140. The number of carbonyl (C=O) groups excluding carboxylic acids is 2. The highest BCUT2D eigenvalue weighted by atomic mass is 19.4. The molecule has 0 unspecified atom stereocenters. The van der Waals surface area contributed by atoms with E-state index < -0.39 is 23.5 Å². The van der Waals surface area contributed by atoms with Gasteiger partial charge in [0.05, 0.1) is 31.0 Å². The van der Waals surface area contributed by atoms with Crippen LogP contribution in [0.1, 0.15) is 58.1 Å². The third-order valence-corrected chi connectivity index (χ3v) is 7.20. The first-order valence-corrected chi connectivity index (χ1v) is 13.0. The Labute approximate surface area is 231 Å². The molecule has 2 aromatic carbocycles. The van der Waals surface area contributed by atoms with E-state index >= 15 is 0 Å². The van der Waals surface area contributed by atoms with Crippen LogP contribution in [0.2, 0.25) is 0 Å². The second-order valence-corrected chi connectivity index (χ2v) is 9.82. The van der Waals surface area contributed by atoms with Gasteiger partial charge in [-0.1, -0.05) is 30.3 Å². The zero-order chi connectivity index (χ0) is 28.7. The fraction of sp³-hybridized carbons (Fsp3) is 0.379. The summed E-state index contributed by atoms with van der Waals surface area (Å²) in [5.74, 6) is -0.439. The summed E-state index contributed by atoms with van der Waals surface area (Å²) in [6.07, 6.45) is -1.09. The minimum atomic E-state index is -4.65. The van der Waals surface area contributed by atoms with E-state index in [1.54, 1.807) is 7.41 Å². The molecule has 6 nitrogen and oxygen atoms in total. The molecule has 1 aliphatic heterocycles. The van der Waals surface area contributed by atoms with Gasteiger partial charge in [-0.15, -0.1) is 0 Å². The van der Waals surface area contributed by atoms with E-state index in [0.29, 0.717) is 17.0 Å². The van der Waals surface area contributed by atoms with Crippen molar-refractivity contribution in [3.8, 4) is 0 Å². The first kappa shape index (κ1) is 29.4. The van der Waals surface area contributed by atoms with Crippen molar-refractivity contribution in [3.63, 3.8) is 0 Å². The predicted octanol–water partition coefficient (Wildman–Crippen LogP) is 4.71. The SMILES string of the molecule is COC(=O)Cc1ccc(F)cc1CCc1nc(Cc2ccc(C3CCN([B]C=O)CC3)cc2)ncc1C(F)(F)F. The molecule has 0 atom stereocenters. The summed E-state index contributed by atoms with van der Waals surface area (Å²) in [7, 11) is 2.80. The Morgan fingerprint density at radius 2 is 1.82 bits per heavy atom. The van der Waals surface area contributed by atoms with Gasteiger partial charge in [0.25, 0.3) is 7.41 Å². The number of piperidine rings is 1. The largest absolute Gasteiger partial charge is 0.469 e. The van der Waals surface area contributed by atoms with Gasteiger partial charge in [-0.3, -0.25) is 4.79 Å². The Kier molecular flexibility index (Phi) is 9.68. The number of alkyl halides is 3. The Morgan fingerprint density at radius 1 is 1.10 bits per heavy atom. The van der Waals surface area contributed by atoms with E-state index in [0.717, 1.165) is 43.9 Å². The molecule has 1 aromatic heterocycles. The normalized spacial score (nSPS) is 14.6. The maximum atomic E-state index is 13.9. The van der Waals surface area contributed by atoms with Crippen LogP contribution in [0.25, 0.3) is 0 Å². The summed E-state index contributed by atoms with van der Waals surface area (Å²) in [4.78, 5) is 32.7. The maximum absolute atomic E-state index is 13.9. The molecule has 0 saturated carbocycles. The monoisotopic (exact) mass is 554 g/mol. The Morgan fingerprint density at radius 3 is 2.48 bits per heavy atom. The van der Waals surface area contributed by atoms with E-state index in [9.17, 15) is 27.2 Å². The minimum Gasteiger partial charge on any atom is -0.469 e. The van der Waals surface area contributed by atoms with Gasteiger partial charge >= 0.3 is 12.1 Å². The van der Waals surface area contributed by atoms with Crippen LogP contribution in [0.3, 0.4) is 0 Å². The maximum Gasteiger partial charge on any atom is 0.419 e. The number of halogens is 4. The zero-order valence-electron chi connectivity index (χ0n) is 22.1. The van der Waals surface area contributed by atoms with Crippen molar-refractivity contribution in [2.24, 2.45) is 0 Å². The molecule has 0 aliphatic carbocycles. The molecule has 1 aliphatic rings. The number of methoxy groups -OCH3 is 1. The molecule has 11 heteroatoms. The predicted molar refractivity (Wildman–Crippen MR) is 142 cm³/mol. The number of carbonyl (C=O) groups is 2. The summed E-state index contributed by atoms with van der Waals surface area (Å²) in [5, 5.41) is 0. The number of hydrogen-bond acceptors (Lipinski definition) is 6. The summed E-state index contributed by atoms with van der Waals surface area (Å²) >= 11 is 0. The van der Waals surface area contributed by atoms with Crippen LogP contribution >= 0.6 is 0 Å². The summed E-state index contributed by atoms with van der Waals surface area (Å²) < 4.78 is 59.9. The highest BCUT2D eigenvalue weighted by Crippen LogP contribution is 2.32. The van der Waals surface area contributed by atoms with Gasteiger partial charge in [-0.05, 0) is 79.1 Å². The highest BCUT2D eigenvalue weighted by Gasteiger charge is 2.35. The highest BCUT2D eigenvalue weighted by molar-refractivity contribution is 6.64. The van der Waals surface area contributed by atoms with Crippen molar-refractivity contribution in [1.82, 2.24) is 14.8 Å². The smallest absolute Gasteiger partial charge is 0.419 e. The summed E-state index contributed by atoms with van der Waals surface area (Å²) in [6.45, 7) is 1.63. The lowest BCUT2D eigenvalue weighted by atomic mass is 9.84. The van der Waals surface area contributed by atoms with Crippen molar-refractivity contribution in [3.05, 3.63) is 93.8 Å². The molecular weight excluding hydrogens is 525 g/mol. The quantitative estimate of drug-likeness (QED) is 0.157. The van der Waals surface area contributed by atoms with E-state index in [-0.39, 0.29) is 37.2 Å². The Bertz CT molecular complexity index is 1330. The molecule has 1 radical (unpaired) electrons. The fourth-order valence-electron chi connectivity index (χ4n) is 5.01. The first-order chi connectivity index (χ1) is 19.2. The zero-order valence-corrected chi connectivity index (χ0v) is 22.1. The van der Waals surface area contributed by atoms with Crippen molar-refractivity contribution in [1.29, 1.82) is 0 Å². The molecule has 0 bridgehead atoms. The molecule has 0 N–H and O–H groups in total. The van der Waals surface area contributed by atoms with Crippen LogP contribution in [0.5, 0.6) is 0 Å². The summed E-state index contributed by atoms with van der Waals surface area (Å²) in [5.41, 5.74) is 1.85.